The van der Waals surface area contributed by atoms with Crippen LogP contribution in [0.15, 0.2) is 30.3 Å². The minimum absolute atomic E-state index is 0.0995. The molecule has 2 aliphatic rings. The zero-order chi connectivity index (χ0) is 29.2. The highest BCUT2D eigenvalue weighted by atomic mass is 28.4. The molecule has 1 fully saturated rings. The Morgan fingerprint density at radius 1 is 0.750 bits per heavy atom. The first-order valence-corrected chi connectivity index (χ1v) is 16.4. The molecule has 222 valence electrons. The maximum atomic E-state index is 11.8. The molecule has 0 radical (unpaired) electrons. The molecule has 9 heteroatoms. The largest absolute Gasteiger partial charge is 0.493 e. The van der Waals surface area contributed by atoms with E-state index in [9.17, 15) is 5.11 Å². The molecule has 0 spiro atoms. The van der Waals surface area contributed by atoms with Crippen LogP contribution >= 0.6 is 0 Å². The standard InChI is InChI=1S/C31H46O8Si/c1-18(2)40(19(3)4,20(5)6)39-30(21-10-11-25-26(12-21)38-17-37-25)24-16-36-15-23(24)29(32)22-13-27(33-7)31(35-9)28(14-22)34-8/h10-14,18-20,23-24,29-30,32H,15-17H2,1-9H3/t23-,24?,29?,30-/m0/s1. The molecule has 0 aliphatic carbocycles. The quantitative estimate of drug-likeness (QED) is 0.281. The Balaban J connectivity index is 1.78. The van der Waals surface area contributed by atoms with Gasteiger partial charge in [-0.05, 0) is 52.0 Å². The van der Waals surface area contributed by atoms with Crippen LogP contribution in [0.1, 0.15) is 64.9 Å². The van der Waals surface area contributed by atoms with Crippen molar-refractivity contribution in [2.24, 2.45) is 11.8 Å². The highest BCUT2D eigenvalue weighted by Gasteiger charge is 2.50. The van der Waals surface area contributed by atoms with Crippen molar-refractivity contribution in [1.29, 1.82) is 0 Å². The van der Waals surface area contributed by atoms with Crippen LogP contribution in [0.2, 0.25) is 16.6 Å². The molecule has 1 saturated heterocycles. The Labute approximate surface area is 240 Å². The molecular weight excluding hydrogens is 528 g/mol. The third kappa shape index (κ3) is 5.53. The maximum Gasteiger partial charge on any atom is 0.231 e. The average molecular weight is 575 g/mol. The second-order valence-corrected chi connectivity index (χ2v) is 17.1. The van der Waals surface area contributed by atoms with E-state index < -0.39 is 14.4 Å². The van der Waals surface area contributed by atoms with Crippen molar-refractivity contribution in [3.63, 3.8) is 0 Å². The topological polar surface area (TPSA) is 84.8 Å². The van der Waals surface area contributed by atoms with Gasteiger partial charge in [0.2, 0.25) is 20.9 Å². The average Bonchev–Trinajstić information content (AvgIpc) is 3.61. The van der Waals surface area contributed by atoms with E-state index in [0.29, 0.717) is 52.6 Å². The molecule has 2 aromatic rings. The van der Waals surface area contributed by atoms with Crippen LogP contribution in [0, 0.1) is 11.8 Å². The predicted octanol–water partition coefficient (Wildman–Crippen LogP) is 6.67. The molecule has 2 heterocycles. The molecule has 0 saturated carbocycles. The molecule has 2 aliphatic heterocycles. The van der Waals surface area contributed by atoms with Gasteiger partial charge in [0.1, 0.15) is 0 Å². The SMILES string of the molecule is COc1cc(C(O)[C@H]2COCC2[C@@H](O[Si](C(C)C)(C(C)C)C(C)C)c2ccc3c(c2)OCO3)cc(OC)c1OC. The Hall–Kier alpha value is -2.46. The summed E-state index contributed by atoms with van der Waals surface area (Å²) >= 11 is 0. The molecule has 2 unspecified atom stereocenters. The van der Waals surface area contributed by atoms with Crippen LogP contribution in [-0.2, 0) is 9.16 Å². The molecule has 4 atom stereocenters. The van der Waals surface area contributed by atoms with E-state index in [1.807, 2.05) is 24.3 Å². The summed E-state index contributed by atoms with van der Waals surface area (Å²) in [5, 5.41) is 11.8. The van der Waals surface area contributed by atoms with Gasteiger partial charge >= 0.3 is 0 Å². The molecule has 8 nitrogen and oxygen atoms in total. The Morgan fingerprint density at radius 2 is 1.32 bits per heavy atom. The van der Waals surface area contributed by atoms with Crippen LogP contribution in [0.3, 0.4) is 0 Å². The minimum Gasteiger partial charge on any atom is -0.493 e. The lowest BCUT2D eigenvalue weighted by Gasteiger charge is -2.46. The fraction of sp³-hybridized carbons (Fsp3) is 0.613. The van der Waals surface area contributed by atoms with E-state index in [4.69, 9.17) is 32.8 Å². The molecule has 1 N–H and O–H groups in total. The monoisotopic (exact) mass is 574 g/mol. The summed E-state index contributed by atoms with van der Waals surface area (Å²) in [4.78, 5) is 0. The summed E-state index contributed by atoms with van der Waals surface area (Å²) in [6.45, 7) is 14.8. The molecule has 0 aromatic heterocycles. The van der Waals surface area contributed by atoms with E-state index >= 15 is 0 Å². The smallest absolute Gasteiger partial charge is 0.231 e. The lowest BCUT2D eigenvalue weighted by Crippen LogP contribution is -2.50. The molecular formula is C31H46O8Si. The molecule has 2 aromatic carbocycles. The number of ether oxygens (including phenoxy) is 6. The van der Waals surface area contributed by atoms with Crippen molar-refractivity contribution in [3.05, 3.63) is 41.5 Å². The number of hydrogen-bond donors (Lipinski definition) is 1. The van der Waals surface area contributed by atoms with E-state index in [0.717, 1.165) is 17.1 Å². The van der Waals surface area contributed by atoms with E-state index in [-0.39, 0.29) is 24.7 Å². The van der Waals surface area contributed by atoms with Crippen molar-refractivity contribution < 1.29 is 38.0 Å². The van der Waals surface area contributed by atoms with Gasteiger partial charge in [0, 0.05) is 11.8 Å². The van der Waals surface area contributed by atoms with Crippen molar-refractivity contribution >= 4 is 8.32 Å². The van der Waals surface area contributed by atoms with Gasteiger partial charge in [0.05, 0.1) is 46.8 Å². The summed E-state index contributed by atoms with van der Waals surface area (Å²) in [6, 6.07) is 9.69. The number of benzene rings is 2. The number of aliphatic hydroxyl groups excluding tert-OH is 1. The Morgan fingerprint density at radius 3 is 1.88 bits per heavy atom. The van der Waals surface area contributed by atoms with Gasteiger partial charge in [-0.2, -0.15) is 0 Å². The Bertz CT molecular complexity index is 1100. The number of rotatable bonds is 12. The summed E-state index contributed by atoms with van der Waals surface area (Å²) < 4.78 is 41.6. The summed E-state index contributed by atoms with van der Waals surface area (Å²) in [7, 11) is 2.40. The summed E-state index contributed by atoms with van der Waals surface area (Å²) in [6.07, 6.45) is -1.13. The van der Waals surface area contributed by atoms with Gasteiger partial charge in [-0.15, -0.1) is 0 Å². The normalized spacial score (nSPS) is 20.3. The van der Waals surface area contributed by atoms with Gasteiger partial charge in [-0.3, -0.25) is 0 Å². The molecule has 0 amide bonds. The number of methoxy groups -OCH3 is 3. The van der Waals surface area contributed by atoms with Crippen molar-refractivity contribution in [3.8, 4) is 28.7 Å². The van der Waals surface area contributed by atoms with Crippen LogP contribution in [0.5, 0.6) is 28.7 Å². The number of aliphatic hydroxyl groups is 1. The Kier molecular flexibility index (Phi) is 9.60. The van der Waals surface area contributed by atoms with Gasteiger partial charge in [0.15, 0.2) is 23.0 Å². The van der Waals surface area contributed by atoms with Crippen LogP contribution in [0.4, 0.5) is 0 Å². The number of hydrogen-bond acceptors (Lipinski definition) is 8. The third-order valence-corrected chi connectivity index (χ3v) is 14.8. The zero-order valence-electron chi connectivity index (χ0n) is 25.4. The lowest BCUT2D eigenvalue weighted by molar-refractivity contribution is 0.0338. The van der Waals surface area contributed by atoms with Crippen LogP contribution < -0.4 is 23.7 Å². The minimum atomic E-state index is -2.32. The van der Waals surface area contributed by atoms with Crippen LogP contribution in [0.25, 0.3) is 0 Å². The van der Waals surface area contributed by atoms with E-state index in [1.165, 1.54) is 0 Å². The first-order valence-electron chi connectivity index (χ1n) is 14.2. The summed E-state index contributed by atoms with van der Waals surface area (Å²) in [5.41, 5.74) is 2.87. The van der Waals surface area contributed by atoms with E-state index in [1.54, 1.807) is 21.3 Å². The lowest BCUT2D eigenvalue weighted by atomic mass is 9.81. The second kappa shape index (κ2) is 12.6. The van der Waals surface area contributed by atoms with E-state index in [2.05, 4.69) is 47.6 Å². The first-order chi connectivity index (χ1) is 19.1. The fourth-order valence-electron chi connectivity index (χ4n) is 6.86. The first kappa shape index (κ1) is 30.5. The molecule has 0 bridgehead atoms. The highest BCUT2D eigenvalue weighted by Crippen LogP contribution is 2.51. The maximum absolute atomic E-state index is 11.8. The summed E-state index contributed by atoms with van der Waals surface area (Å²) in [5.74, 6) is 2.62. The van der Waals surface area contributed by atoms with Crippen LogP contribution in [-0.4, -0.2) is 54.8 Å². The second-order valence-electron chi connectivity index (χ2n) is 11.7. The van der Waals surface area contributed by atoms with Crippen molar-refractivity contribution in [1.82, 2.24) is 0 Å². The molecule has 40 heavy (non-hydrogen) atoms. The van der Waals surface area contributed by atoms with Gasteiger partial charge in [0.25, 0.3) is 0 Å². The zero-order valence-corrected chi connectivity index (χ0v) is 26.4. The molecule has 4 rings (SSSR count). The van der Waals surface area contributed by atoms with Gasteiger partial charge in [-0.1, -0.05) is 47.6 Å². The predicted molar refractivity (Wildman–Crippen MR) is 156 cm³/mol. The fourth-order valence-corrected chi connectivity index (χ4v) is 12.4. The van der Waals surface area contributed by atoms with Crippen molar-refractivity contribution in [2.45, 2.75) is 70.4 Å². The third-order valence-electron chi connectivity index (χ3n) is 8.76. The van der Waals surface area contributed by atoms with Gasteiger partial charge < -0.3 is 38.0 Å². The van der Waals surface area contributed by atoms with Gasteiger partial charge in [-0.25, -0.2) is 0 Å². The highest BCUT2D eigenvalue weighted by molar-refractivity contribution is 6.77. The van der Waals surface area contributed by atoms with Crippen molar-refractivity contribution in [2.75, 3.05) is 41.3 Å². The number of fused-ring (bicyclic) bond motifs is 1.